The van der Waals surface area contributed by atoms with Crippen molar-refractivity contribution in [2.75, 3.05) is 11.9 Å². The lowest BCUT2D eigenvalue weighted by molar-refractivity contribution is -0.113. The summed E-state index contributed by atoms with van der Waals surface area (Å²) in [5.41, 5.74) is 1.45. The molecule has 0 fully saturated rings. The van der Waals surface area contributed by atoms with Crippen molar-refractivity contribution in [2.45, 2.75) is 0 Å². The van der Waals surface area contributed by atoms with Crippen molar-refractivity contribution in [3.63, 3.8) is 0 Å². The molecule has 3 rings (SSSR count). The maximum atomic E-state index is 12.0. The summed E-state index contributed by atoms with van der Waals surface area (Å²) in [6.07, 6.45) is 3.41. The number of rotatable bonds is 2. The number of aromatic amines is 1. The molecule has 6 heteroatoms. The number of halogens is 1. The van der Waals surface area contributed by atoms with Crippen molar-refractivity contribution in [3.8, 4) is 5.75 Å². The van der Waals surface area contributed by atoms with E-state index >= 15 is 0 Å². The Kier molecular flexibility index (Phi) is 3.08. The van der Waals surface area contributed by atoms with Crippen molar-refractivity contribution in [1.29, 1.82) is 0 Å². The number of amides is 1. The third-order valence-corrected chi connectivity index (χ3v) is 3.22. The highest BCUT2D eigenvalue weighted by Gasteiger charge is 2.17. The van der Waals surface area contributed by atoms with Crippen LogP contribution in [0.15, 0.2) is 40.5 Å². The van der Waals surface area contributed by atoms with E-state index in [0.29, 0.717) is 11.4 Å². The van der Waals surface area contributed by atoms with Crippen LogP contribution >= 0.6 is 15.9 Å². The molecule has 0 unspecified atom stereocenters. The molecule has 0 bridgehead atoms. The predicted molar refractivity (Wildman–Crippen MR) is 74.8 cm³/mol. The van der Waals surface area contributed by atoms with Crippen LogP contribution < -0.4 is 10.1 Å². The first-order chi connectivity index (χ1) is 9.22. The predicted octanol–water partition coefficient (Wildman–Crippen LogP) is 2.59. The van der Waals surface area contributed by atoms with Crippen LogP contribution in [0.1, 0.15) is 5.56 Å². The van der Waals surface area contributed by atoms with Crippen LogP contribution in [-0.4, -0.2) is 22.7 Å². The molecule has 5 nitrogen and oxygen atoms in total. The summed E-state index contributed by atoms with van der Waals surface area (Å²) in [4.78, 5) is 12.0. The second-order valence-electron chi connectivity index (χ2n) is 4.06. The number of nitrogens with zero attached hydrogens (tertiary/aromatic N) is 1. The summed E-state index contributed by atoms with van der Waals surface area (Å²) >= 11 is 3.40. The van der Waals surface area contributed by atoms with Crippen LogP contribution in [0.4, 0.5) is 5.82 Å². The molecule has 1 aliphatic heterocycles. The van der Waals surface area contributed by atoms with Crippen LogP contribution in [0.3, 0.4) is 0 Å². The van der Waals surface area contributed by atoms with E-state index in [1.807, 2.05) is 24.3 Å². The molecule has 0 radical (unpaired) electrons. The maximum Gasteiger partial charge on any atom is 0.256 e. The van der Waals surface area contributed by atoms with Crippen LogP contribution in [0.25, 0.3) is 6.08 Å². The number of H-pyrrole nitrogens is 1. The minimum atomic E-state index is -0.199. The number of nitrogens with one attached hydrogen (secondary N) is 2. The molecular weight excluding hydrogens is 310 g/mol. The summed E-state index contributed by atoms with van der Waals surface area (Å²) < 4.78 is 6.50. The van der Waals surface area contributed by atoms with Gasteiger partial charge in [0.05, 0.1) is 11.8 Å². The van der Waals surface area contributed by atoms with Gasteiger partial charge in [0.1, 0.15) is 18.2 Å². The highest BCUT2D eigenvalue weighted by Crippen LogP contribution is 2.29. The molecule has 1 amide bonds. The molecule has 0 spiro atoms. The standard InChI is InChI=1S/C13H10BrN3O2/c14-10-1-2-11-8(6-10)5-9(7-19-11)13(18)16-12-3-4-15-17-12/h1-6H,7H2,(H2,15,16,17,18). The Morgan fingerprint density at radius 3 is 3.11 bits per heavy atom. The Hall–Kier alpha value is -2.08. The van der Waals surface area contributed by atoms with Gasteiger partial charge in [-0.3, -0.25) is 9.89 Å². The lowest BCUT2D eigenvalue weighted by atomic mass is 10.1. The van der Waals surface area contributed by atoms with E-state index in [1.165, 1.54) is 0 Å². The van der Waals surface area contributed by atoms with Gasteiger partial charge in [0.2, 0.25) is 0 Å². The Morgan fingerprint density at radius 2 is 2.32 bits per heavy atom. The van der Waals surface area contributed by atoms with Crippen LogP contribution in [0.5, 0.6) is 5.75 Å². The monoisotopic (exact) mass is 319 g/mol. The minimum absolute atomic E-state index is 0.199. The summed E-state index contributed by atoms with van der Waals surface area (Å²) in [5.74, 6) is 1.14. The molecule has 1 aromatic carbocycles. The lowest BCUT2D eigenvalue weighted by Gasteiger charge is -2.17. The van der Waals surface area contributed by atoms with E-state index in [9.17, 15) is 4.79 Å². The minimum Gasteiger partial charge on any atom is -0.488 e. The van der Waals surface area contributed by atoms with Gasteiger partial charge in [0.25, 0.3) is 5.91 Å². The molecule has 0 atom stereocenters. The molecule has 0 saturated heterocycles. The largest absolute Gasteiger partial charge is 0.488 e. The van der Waals surface area contributed by atoms with Crippen molar-refractivity contribution >= 4 is 33.7 Å². The fourth-order valence-corrected chi connectivity index (χ4v) is 2.19. The number of carbonyl (C=O) groups excluding carboxylic acids is 1. The third kappa shape index (κ3) is 2.53. The second-order valence-corrected chi connectivity index (χ2v) is 4.98. The van der Waals surface area contributed by atoms with Crippen LogP contribution in [0.2, 0.25) is 0 Å². The Labute approximate surface area is 117 Å². The highest BCUT2D eigenvalue weighted by molar-refractivity contribution is 9.10. The zero-order valence-corrected chi connectivity index (χ0v) is 11.4. The average molecular weight is 320 g/mol. The van der Waals surface area contributed by atoms with Gasteiger partial charge in [-0.2, -0.15) is 5.10 Å². The van der Waals surface area contributed by atoms with Gasteiger partial charge in [-0.1, -0.05) is 15.9 Å². The first kappa shape index (κ1) is 12.0. The number of anilines is 1. The van der Waals surface area contributed by atoms with Gasteiger partial charge in [-0.15, -0.1) is 0 Å². The van der Waals surface area contributed by atoms with Crippen molar-refractivity contribution in [3.05, 3.63) is 46.1 Å². The van der Waals surface area contributed by atoms with Crippen molar-refractivity contribution in [2.24, 2.45) is 0 Å². The van der Waals surface area contributed by atoms with Gasteiger partial charge < -0.3 is 10.1 Å². The van der Waals surface area contributed by atoms with E-state index in [0.717, 1.165) is 15.8 Å². The topological polar surface area (TPSA) is 67.0 Å². The van der Waals surface area contributed by atoms with Gasteiger partial charge >= 0.3 is 0 Å². The number of benzene rings is 1. The van der Waals surface area contributed by atoms with E-state index in [2.05, 4.69) is 31.4 Å². The summed E-state index contributed by atoms with van der Waals surface area (Å²) in [5, 5.41) is 9.17. The molecule has 2 heterocycles. The zero-order valence-electron chi connectivity index (χ0n) is 9.81. The molecule has 1 aromatic heterocycles. The summed E-state index contributed by atoms with van der Waals surface area (Å²) in [6, 6.07) is 7.38. The Bertz CT molecular complexity index is 650. The first-order valence-corrected chi connectivity index (χ1v) is 6.45. The number of hydrogen-bond acceptors (Lipinski definition) is 3. The quantitative estimate of drug-likeness (QED) is 0.894. The van der Waals surface area contributed by atoms with Crippen LogP contribution in [0, 0.1) is 0 Å². The Balaban J connectivity index is 1.84. The summed E-state index contributed by atoms with van der Waals surface area (Å²) in [7, 11) is 0. The van der Waals surface area contributed by atoms with Gasteiger partial charge in [-0.05, 0) is 24.3 Å². The normalized spacial score (nSPS) is 13.2. The molecular formula is C13H10BrN3O2. The smallest absolute Gasteiger partial charge is 0.256 e. The van der Waals surface area contributed by atoms with Crippen molar-refractivity contribution < 1.29 is 9.53 Å². The van der Waals surface area contributed by atoms with Crippen molar-refractivity contribution in [1.82, 2.24) is 10.2 Å². The fourth-order valence-electron chi connectivity index (χ4n) is 1.81. The number of carbonyl (C=O) groups is 1. The third-order valence-electron chi connectivity index (χ3n) is 2.73. The van der Waals surface area contributed by atoms with Crippen LogP contribution in [-0.2, 0) is 4.79 Å². The highest BCUT2D eigenvalue weighted by atomic mass is 79.9. The fraction of sp³-hybridized carbons (Fsp3) is 0.0769. The SMILES string of the molecule is O=C(Nc1ccn[nH]1)C1=Cc2cc(Br)ccc2OC1. The zero-order chi connectivity index (χ0) is 13.2. The molecule has 2 aromatic rings. The molecule has 19 heavy (non-hydrogen) atoms. The van der Waals surface area contributed by atoms with E-state index in [4.69, 9.17) is 4.74 Å². The number of aromatic nitrogens is 2. The maximum absolute atomic E-state index is 12.0. The van der Waals surface area contributed by atoms with E-state index in [1.54, 1.807) is 12.3 Å². The Morgan fingerprint density at radius 1 is 1.42 bits per heavy atom. The van der Waals surface area contributed by atoms with E-state index in [-0.39, 0.29) is 12.5 Å². The average Bonchev–Trinajstić information content (AvgIpc) is 2.90. The lowest BCUT2D eigenvalue weighted by Crippen LogP contribution is -2.21. The summed E-state index contributed by atoms with van der Waals surface area (Å²) in [6.45, 7) is 0.259. The molecule has 96 valence electrons. The van der Waals surface area contributed by atoms with Gasteiger partial charge in [0, 0.05) is 16.1 Å². The molecule has 0 aliphatic carbocycles. The number of fused-ring (bicyclic) bond motifs is 1. The van der Waals surface area contributed by atoms with Gasteiger partial charge in [0.15, 0.2) is 0 Å². The number of hydrogen-bond donors (Lipinski definition) is 2. The van der Waals surface area contributed by atoms with E-state index < -0.39 is 0 Å². The second kappa shape index (κ2) is 4.89. The molecule has 0 saturated carbocycles. The van der Waals surface area contributed by atoms with Gasteiger partial charge in [-0.25, -0.2) is 0 Å². The molecule has 2 N–H and O–H groups in total. The first-order valence-electron chi connectivity index (χ1n) is 5.66. The number of ether oxygens (including phenoxy) is 1. The molecule has 1 aliphatic rings.